The predicted molar refractivity (Wildman–Crippen MR) is 65.0 cm³/mol. The molecule has 0 N–H and O–H groups in total. The van der Waals surface area contributed by atoms with Crippen molar-refractivity contribution in [2.75, 3.05) is 0 Å². The maximum absolute atomic E-state index is 5.33. The zero-order chi connectivity index (χ0) is 12.1. The topological polar surface area (TPSA) is 56.2 Å². The van der Waals surface area contributed by atoms with Crippen LogP contribution >= 0.6 is 0 Å². The minimum absolute atomic E-state index is 0.449. The molecule has 0 spiro atoms. The maximum atomic E-state index is 5.33. The van der Waals surface area contributed by atoms with E-state index in [-0.39, 0.29) is 0 Å². The lowest BCUT2D eigenvalue weighted by molar-refractivity contribution is 0.376. The average Bonchev–Trinajstić information content (AvgIpc) is 2.85. The number of hydrogen-bond donors (Lipinski definition) is 0. The third-order valence-electron chi connectivity index (χ3n) is 3.51. The quantitative estimate of drug-likeness (QED) is 0.690. The summed E-state index contributed by atoms with van der Waals surface area (Å²) in [5, 5.41) is 4.06. The van der Waals surface area contributed by atoms with Crippen molar-refractivity contribution in [1.29, 1.82) is 0 Å². The van der Waals surface area contributed by atoms with E-state index < -0.39 is 0 Å². The summed E-state index contributed by atoms with van der Waals surface area (Å²) in [6.45, 7) is 2.20. The predicted octanol–water partition coefficient (Wildman–Crippen LogP) is 2.51. The van der Waals surface area contributed by atoms with Crippen molar-refractivity contribution >= 4 is 5.65 Å². The summed E-state index contributed by atoms with van der Waals surface area (Å²) >= 11 is 0. The van der Waals surface area contributed by atoms with Crippen LogP contribution < -0.4 is 0 Å². The van der Waals surface area contributed by atoms with E-state index in [4.69, 9.17) is 4.52 Å². The molecule has 1 fully saturated rings. The van der Waals surface area contributed by atoms with Crippen molar-refractivity contribution in [3.8, 4) is 11.5 Å². The van der Waals surface area contributed by atoms with Gasteiger partial charge in [0.2, 0.25) is 11.7 Å². The highest BCUT2D eigenvalue weighted by Gasteiger charge is 2.39. The molecule has 0 radical (unpaired) electrons. The van der Waals surface area contributed by atoms with Crippen LogP contribution in [0.4, 0.5) is 0 Å². The van der Waals surface area contributed by atoms with E-state index in [1.54, 1.807) is 6.20 Å². The molecule has 0 aliphatic heterocycles. The Hall–Kier alpha value is -2.17. The second-order valence-corrected chi connectivity index (χ2v) is 4.85. The van der Waals surface area contributed by atoms with Gasteiger partial charge in [-0.2, -0.15) is 4.98 Å². The lowest BCUT2D eigenvalue weighted by Crippen LogP contribution is -1.89. The first-order valence-electron chi connectivity index (χ1n) is 6.09. The summed E-state index contributed by atoms with van der Waals surface area (Å²) in [6.07, 6.45) is 4.88. The van der Waals surface area contributed by atoms with Crippen LogP contribution in [0.25, 0.3) is 17.2 Å². The molecule has 5 heteroatoms. The smallest absolute Gasteiger partial charge is 0.230 e. The normalized spacial score (nSPS) is 22.5. The lowest BCUT2D eigenvalue weighted by Gasteiger charge is -1.94. The number of nitrogens with zero attached hydrogens (tertiary/aromatic N) is 4. The molecule has 0 saturated heterocycles. The second-order valence-electron chi connectivity index (χ2n) is 4.85. The number of fused-ring (bicyclic) bond motifs is 1. The Labute approximate surface area is 103 Å². The molecule has 90 valence electrons. The molecule has 18 heavy (non-hydrogen) atoms. The van der Waals surface area contributed by atoms with Crippen LogP contribution in [0.1, 0.15) is 25.2 Å². The van der Waals surface area contributed by atoms with E-state index in [1.165, 1.54) is 0 Å². The third kappa shape index (κ3) is 1.37. The summed E-state index contributed by atoms with van der Waals surface area (Å²) in [4.78, 5) is 8.80. The van der Waals surface area contributed by atoms with Gasteiger partial charge in [-0.05, 0) is 24.5 Å². The van der Waals surface area contributed by atoms with E-state index in [9.17, 15) is 0 Å². The van der Waals surface area contributed by atoms with Crippen LogP contribution in [0.3, 0.4) is 0 Å². The van der Waals surface area contributed by atoms with Gasteiger partial charge in [0.25, 0.3) is 0 Å². The highest BCUT2D eigenvalue weighted by atomic mass is 16.5. The Morgan fingerprint density at radius 1 is 1.39 bits per heavy atom. The van der Waals surface area contributed by atoms with Gasteiger partial charge in [-0.1, -0.05) is 18.1 Å². The number of rotatable bonds is 2. The fourth-order valence-corrected chi connectivity index (χ4v) is 2.25. The standard InChI is InChI=1S/C13H12N4O/c1-8-6-9(8)13-15-12(16-18-13)10-7-14-11-4-2-3-5-17(10)11/h2-5,7-9H,6H2,1H3/t8-,9+/m0/s1. The minimum atomic E-state index is 0.449. The molecule has 3 aromatic heterocycles. The van der Waals surface area contributed by atoms with Crippen molar-refractivity contribution in [1.82, 2.24) is 19.5 Å². The lowest BCUT2D eigenvalue weighted by atomic mass is 10.3. The van der Waals surface area contributed by atoms with Gasteiger partial charge in [0.15, 0.2) is 0 Å². The molecule has 2 atom stereocenters. The number of hydrogen-bond acceptors (Lipinski definition) is 4. The zero-order valence-electron chi connectivity index (χ0n) is 9.95. The van der Waals surface area contributed by atoms with E-state index >= 15 is 0 Å². The third-order valence-corrected chi connectivity index (χ3v) is 3.51. The molecule has 0 unspecified atom stereocenters. The molecular formula is C13H12N4O. The summed E-state index contributed by atoms with van der Waals surface area (Å²) in [5.41, 5.74) is 1.76. The van der Waals surface area contributed by atoms with E-state index in [1.807, 2.05) is 28.8 Å². The van der Waals surface area contributed by atoms with Crippen LogP contribution in [-0.2, 0) is 0 Å². The molecule has 1 aliphatic rings. The number of aromatic nitrogens is 4. The van der Waals surface area contributed by atoms with Crippen LogP contribution in [-0.4, -0.2) is 19.5 Å². The van der Waals surface area contributed by atoms with Crippen LogP contribution in [0.5, 0.6) is 0 Å². The van der Waals surface area contributed by atoms with E-state index in [0.717, 1.165) is 23.7 Å². The maximum Gasteiger partial charge on any atom is 0.230 e. The van der Waals surface area contributed by atoms with Gasteiger partial charge in [-0.15, -0.1) is 0 Å². The SMILES string of the molecule is C[C@H]1C[C@H]1c1nc(-c2cnc3ccccn23)no1. The Balaban J connectivity index is 1.80. The summed E-state index contributed by atoms with van der Waals surface area (Å²) in [5.74, 6) is 2.48. The molecule has 3 aromatic rings. The fourth-order valence-electron chi connectivity index (χ4n) is 2.25. The second kappa shape index (κ2) is 3.41. The molecule has 1 aliphatic carbocycles. The van der Waals surface area contributed by atoms with Crippen molar-refractivity contribution in [2.45, 2.75) is 19.3 Å². The molecule has 4 rings (SSSR count). The molecule has 5 nitrogen and oxygen atoms in total. The van der Waals surface area contributed by atoms with E-state index in [0.29, 0.717) is 17.7 Å². The monoisotopic (exact) mass is 240 g/mol. The Morgan fingerprint density at radius 3 is 3.11 bits per heavy atom. The highest BCUT2D eigenvalue weighted by Crippen LogP contribution is 2.46. The van der Waals surface area contributed by atoms with Crippen molar-refractivity contribution in [2.24, 2.45) is 5.92 Å². The van der Waals surface area contributed by atoms with Gasteiger partial charge >= 0.3 is 0 Å². The molecule has 0 amide bonds. The molecular weight excluding hydrogens is 228 g/mol. The van der Waals surface area contributed by atoms with Gasteiger partial charge in [-0.25, -0.2) is 4.98 Å². The Kier molecular flexibility index (Phi) is 1.86. The first-order chi connectivity index (χ1) is 8.83. The molecule has 1 saturated carbocycles. The number of imidazole rings is 1. The Morgan fingerprint density at radius 2 is 2.28 bits per heavy atom. The first-order valence-corrected chi connectivity index (χ1v) is 6.09. The fraction of sp³-hybridized carbons (Fsp3) is 0.308. The van der Waals surface area contributed by atoms with Gasteiger partial charge in [0, 0.05) is 12.1 Å². The van der Waals surface area contributed by atoms with E-state index in [2.05, 4.69) is 22.0 Å². The summed E-state index contributed by atoms with van der Waals surface area (Å²) in [7, 11) is 0. The van der Waals surface area contributed by atoms with Crippen molar-refractivity contribution in [3.63, 3.8) is 0 Å². The molecule has 3 heterocycles. The van der Waals surface area contributed by atoms with Crippen molar-refractivity contribution < 1.29 is 4.52 Å². The Bertz CT molecular complexity index is 714. The van der Waals surface area contributed by atoms with Crippen LogP contribution in [0.2, 0.25) is 0 Å². The van der Waals surface area contributed by atoms with Gasteiger partial charge in [0.1, 0.15) is 11.3 Å². The van der Waals surface area contributed by atoms with Crippen LogP contribution in [0, 0.1) is 5.92 Å². The first kappa shape index (κ1) is 9.82. The molecule has 0 bridgehead atoms. The largest absolute Gasteiger partial charge is 0.339 e. The summed E-state index contributed by atoms with van der Waals surface area (Å²) in [6, 6.07) is 5.87. The zero-order valence-corrected chi connectivity index (χ0v) is 9.95. The highest BCUT2D eigenvalue weighted by molar-refractivity contribution is 5.56. The van der Waals surface area contributed by atoms with Crippen LogP contribution in [0.15, 0.2) is 35.1 Å². The van der Waals surface area contributed by atoms with Gasteiger partial charge in [-0.3, -0.25) is 4.40 Å². The average molecular weight is 240 g/mol. The van der Waals surface area contributed by atoms with Gasteiger partial charge in [0.05, 0.1) is 6.20 Å². The molecule has 0 aromatic carbocycles. The van der Waals surface area contributed by atoms with Gasteiger partial charge < -0.3 is 4.52 Å². The number of pyridine rings is 1. The summed E-state index contributed by atoms with van der Waals surface area (Å²) < 4.78 is 7.29. The minimum Gasteiger partial charge on any atom is -0.339 e. The van der Waals surface area contributed by atoms with Crippen molar-refractivity contribution in [3.05, 3.63) is 36.5 Å².